The molecule has 0 radical (unpaired) electrons. The third-order valence-electron chi connectivity index (χ3n) is 2.48. The van der Waals surface area contributed by atoms with Gasteiger partial charge in [0, 0.05) is 11.9 Å². The van der Waals surface area contributed by atoms with Crippen LogP contribution in [0.4, 0.5) is 15.1 Å². The molecule has 1 aromatic heterocycles. The van der Waals surface area contributed by atoms with E-state index >= 15 is 0 Å². The van der Waals surface area contributed by atoms with Crippen molar-refractivity contribution in [2.75, 3.05) is 5.32 Å². The quantitative estimate of drug-likeness (QED) is 0.744. The summed E-state index contributed by atoms with van der Waals surface area (Å²) in [6, 6.07) is 3.48. The number of nitrogens with one attached hydrogen (secondary N) is 1. The molecule has 2 aromatic rings. The summed E-state index contributed by atoms with van der Waals surface area (Å²) in [5.41, 5.74) is -0.225. The predicted molar refractivity (Wildman–Crippen MR) is 73.7 cm³/mol. The first-order valence-corrected chi connectivity index (χ1v) is 6.17. The van der Waals surface area contributed by atoms with Crippen molar-refractivity contribution in [3.05, 3.63) is 29.0 Å². The van der Waals surface area contributed by atoms with Crippen molar-refractivity contribution in [2.24, 2.45) is 0 Å². The standard InChI is InChI=1S/C13H9ClFNO6/c1-5(17)21-11-9(18)10(22-12(11)16-13(19)20)7-4-6(14)2-3-8(7)15/h2-4,16,18H,1H3,(H,19,20). The molecule has 0 spiro atoms. The van der Waals surface area contributed by atoms with Crippen molar-refractivity contribution in [3.63, 3.8) is 0 Å². The first-order chi connectivity index (χ1) is 10.3. The number of furan rings is 1. The minimum Gasteiger partial charge on any atom is -0.502 e. The molecule has 0 fully saturated rings. The first kappa shape index (κ1) is 15.6. The molecule has 0 aliphatic heterocycles. The average molecular weight is 330 g/mol. The Balaban J connectivity index is 2.61. The zero-order valence-electron chi connectivity index (χ0n) is 11.0. The Labute approximate surface area is 127 Å². The SMILES string of the molecule is CC(=O)Oc1c(NC(=O)O)oc(-c2cc(Cl)ccc2F)c1O. The summed E-state index contributed by atoms with van der Waals surface area (Å²) in [7, 11) is 0. The fourth-order valence-electron chi connectivity index (χ4n) is 1.68. The maximum atomic E-state index is 13.8. The Hall–Kier alpha value is -2.74. The van der Waals surface area contributed by atoms with Crippen molar-refractivity contribution in [2.45, 2.75) is 6.92 Å². The van der Waals surface area contributed by atoms with Gasteiger partial charge in [-0.1, -0.05) is 11.6 Å². The molecule has 0 aliphatic carbocycles. The number of amides is 1. The molecule has 2 rings (SSSR count). The van der Waals surface area contributed by atoms with E-state index in [-0.39, 0.29) is 10.6 Å². The Morgan fingerprint density at radius 3 is 2.68 bits per heavy atom. The van der Waals surface area contributed by atoms with Gasteiger partial charge in [0.1, 0.15) is 5.82 Å². The molecule has 3 N–H and O–H groups in total. The van der Waals surface area contributed by atoms with Crippen LogP contribution in [0.15, 0.2) is 22.6 Å². The minimum absolute atomic E-state index is 0.161. The Bertz CT molecular complexity index is 757. The molecular formula is C13H9ClFNO6. The van der Waals surface area contributed by atoms with E-state index < -0.39 is 41.0 Å². The van der Waals surface area contributed by atoms with Crippen LogP contribution >= 0.6 is 11.6 Å². The van der Waals surface area contributed by atoms with Gasteiger partial charge < -0.3 is 19.4 Å². The van der Waals surface area contributed by atoms with Gasteiger partial charge >= 0.3 is 12.1 Å². The molecule has 1 amide bonds. The first-order valence-electron chi connectivity index (χ1n) is 5.79. The van der Waals surface area contributed by atoms with Gasteiger partial charge in [-0.2, -0.15) is 0 Å². The van der Waals surface area contributed by atoms with Crippen LogP contribution in [-0.4, -0.2) is 22.3 Å². The summed E-state index contributed by atoms with van der Waals surface area (Å²) >= 11 is 5.75. The van der Waals surface area contributed by atoms with Crippen LogP contribution in [0.3, 0.4) is 0 Å². The summed E-state index contributed by atoms with van der Waals surface area (Å²) in [6.45, 7) is 1.04. The number of ether oxygens (including phenoxy) is 1. The highest BCUT2D eigenvalue weighted by Gasteiger charge is 2.27. The van der Waals surface area contributed by atoms with Crippen molar-refractivity contribution < 1.29 is 33.3 Å². The fraction of sp³-hybridized carbons (Fsp3) is 0.0769. The predicted octanol–water partition coefficient (Wildman–Crippen LogP) is 3.46. The number of carbonyl (C=O) groups is 2. The second-order valence-corrected chi connectivity index (χ2v) is 4.52. The molecule has 1 aromatic carbocycles. The highest BCUT2D eigenvalue weighted by Crippen LogP contribution is 2.47. The van der Waals surface area contributed by atoms with Gasteiger partial charge in [0.05, 0.1) is 5.56 Å². The Morgan fingerprint density at radius 1 is 1.41 bits per heavy atom. The number of benzene rings is 1. The topological polar surface area (TPSA) is 109 Å². The number of carboxylic acid groups (broad SMARTS) is 1. The van der Waals surface area contributed by atoms with Crippen LogP contribution in [0.1, 0.15) is 6.92 Å². The van der Waals surface area contributed by atoms with E-state index in [1.54, 1.807) is 5.32 Å². The number of hydrogen-bond donors (Lipinski definition) is 3. The van der Waals surface area contributed by atoms with E-state index in [4.69, 9.17) is 21.1 Å². The third-order valence-corrected chi connectivity index (χ3v) is 2.71. The number of rotatable bonds is 3. The second kappa shape index (κ2) is 5.94. The van der Waals surface area contributed by atoms with Gasteiger partial charge in [-0.25, -0.2) is 9.18 Å². The van der Waals surface area contributed by atoms with Crippen molar-refractivity contribution in [3.8, 4) is 22.8 Å². The van der Waals surface area contributed by atoms with Gasteiger partial charge in [0.2, 0.25) is 11.5 Å². The highest BCUT2D eigenvalue weighted by molar-refractivity contribution is 6.30. The molecule has 9 heteroatoms. The Morgan fingerprint density at radius 2 is 2.09 bits per heavy atom. The molecule has 0 bridgehead atoms. The van der Waals surface area contributed by atoms with Crippen molar-refractivity contribution in [1.82, 2.24) is 0 Å². The minimum atomic E-state index is -1.53. The van der Waals surface area contributed by atoms with Gasteiger partial charge in [0.15, 0.2) is 5.76 Å². The summed E-state index contributed by atoms with van der Waals surface area (Å²) in [5.74, 6) is -3.90. The average Bonchev–Trinajstić information content (AvgIpc) is 2.69. The van der Waals surface area contributed by atoms with Crippen LogP contribution in [0.25, 0.3) is 11.3 Å². The van der Waals surface area contributed by atoms with Gasteiger partial charge in [-0.3, -0.25) is 10.1 Å². The zero-order valence-corrected chi connectivity index (χ0v) is 11.8. The van der Waals surface area contributed by atoms with Crippen LogP contribution in [0.2, 0.25) is 5.02 Å². The summed E-state index contributed by atoms with van der Waals surface area (Å²) < 4.78 is 23.6. The molecule has 22 heavy (non-hydrogen) atoms. The molecule has 0 aliphatic rings. The lowest BCUT2D eigenvalue weighted by molar-refractivity contribution is -0.132. The van der Waals surface area contributed by atoms with Crippen LogP contribution < -0.4 is 10.1 Å². The maximum absolute atomic E-state index is 13.8. The van der Waals surface area contributed by atoms with Gasteiger partial charge in [-0.15, -0.1) is 0 Å². The molecule has 0 atom stereocenters. The second-order valence-electron chi connectivity index (χ2n) is 4.09. The summed E-state index contributed by atoms with van der Waals surface area (Å²) in [6.07, 6.45) is -1.53. The van der Waals surface area contributed by atoms with Gasteiger partial charge in [-0.05, 0) is 18.2 Å². The lowest BCUT2D eigenvalue weighted by Gasteiger charge is -2.01. The molecule has 0 unspecified atom stereocenters. The summed E-state index contributed by atoms with van der Waals surface area (Å²) in [4.78, 5) is 21.7. The normalized spacial score (nSPS) is 10.3. The lowest BCUT2D eigenvalue weighted by atomic mass is 10.1. The smallest absolute Gasteiger partial charge is 0.411 e. The van der Waals surface area contributed by atoms with E-state index in [1.807, 2.05) is 0 Å². The largest absolute Gasteiger partial charge is 0.502 e. The maximum Gasteiger partial charge on any atom is 0.411 e. The van der Waals surface area contributed by atoms with Crippen LogP contribution in [0, 0.1) is 5.82 Å². The van der Waals surface area contributed by atoms with E-state index in [0.717, 1.165) is 19.1 Å². The molecule has 116 valence electrons. The third kappa shape index (κ3) is 3.12. The van der Waals surface area contributed by atoms with E-state index in [0.29, 0.717) is 0 Å². The molecule has 0 saturated carbocycles. The number of halogens is 2. The van der Waals surface area contributed by atoms with Crippen LogP contribution in [0.5, 0.6) is 11.5 Å². The lowest BCUT2D eigenvalue weighted by Crippen LogP contribution is -2.09. The highest BCUT2D eigenvalue weighted by atomic mass is 35.5. The number of hydrogen-bond acceptors (Lipinski definition) is 5. The van der Waals surface area contributed by atoms with E-state index in [1.165, 1.54) is 6.07 Å². The fourth-order valence-corrected chi connectivity index (χ4v) is 1.85. The number of carbonyl (C=O) groups excluding carboxylic acids is 1. The Kier molecular flexibility index (Phi) is 4.22. The number of anilines is 1. The zero-order chi connectivity index (χ0) is 16.4. The van der Waals surface area contributed by atoms with E-state index in [2.05, 4.69) is 4.74 Å². The molecule has 0 saturated heterocycles. The number of aromatic hydroxyl groups is 1. The summed E-state index contributed by atoms with van der Waals surface area (Å²) in [5, 5.41) is 20.7. The molecular weight excluding hydrogens is 321 g/mol. The van der Waals surface area contributed by atoms with Crippen molar-refractivity contribution >= 4 is 29.5 Å². The molecule has 1 heterocycles. The van der Waals surface area contributed by atoms with Gasteiger partial charge in [0.25, 0.3) is 5.88 Å². The van der Waals surface area contributed by atoms with Crippen LogP contribution in [-0.2, 0) is 4.79 Å². The van der Waals surface area contributed by atoms with E-state index in [9.17, 15) is 19.1 Å². The number of esters is 1. The monoisotopic (exact) mass is 329 g/mol. The molecule has 7 nitrogen and oxygen atoms in total. The van der Waals surface area contributed by atoms with Crippen molar-refractivity contribution in [1.29, 1.82) is 0 Å².